The first-order chi connectivity index (χ1) is 7.84. The summed E-state index contributed by atoms with van der Waals surface area (Å²) in [4.78, 5) is 23.6. The monoisotopic (exact) mass is 244 g/mol. The van der Waals surface area contributed by atoms with Crippen molar-refractivity contribution < 1.29 is 14.7 Å². The van der Waals surface area contributed by atoms with Gasteiger partial charge in [0.15, 0.2) is 0 Å². The number of urea groups is 1. The normalized spacial score (nSPS) is 12.3. The van der Waals surface area contributed by atoms with E-state index in [0.717, 1.165) is 12.8 Å². The molecule has 5 heteroatoms. The molecule has 0 bridgehead atoms. The van der Waals surface area contributed by atoms with Gasteiger partial charge in [0.1, 0.15) is 0 Å². The molecule has 0 saturated carbocycles. The molecule has 0 aromatic carbocycles. The van der Waals surface area contributed by atoms with Crippen LogP contribution in [0.25, 0.3) is 0 Å². The van der Waals surface area contributed by atoms with E-state index in [4.69, 9.17) is 5.11 Å². The summed E-state index contributed by atoms with van der Waals surface area (Å²) in [6.07, 6.45) is 2.03. The largest absolute Gasteiger partial charge is 0.481 e. The maximum atomic E-state index is 11.6. The Morgan fingerprint density at radius 1 is 1.29 bits per heavy atom. The van der Waals surface area contributed by atoms with Crippen LogP contribution in [0.1, 0.15) is 33.6 Å². The summed E-state index contributed by atoms with van der Waals surface area (Å²) in [5.41, 5.74) is 0. The second kappa shape index (κ2) is 7.92. The molecule has 2 N–H and O–H groups in total. The van der Waals surface area contributed by atoms with Gasteiger partial charge in [0.2, 0.25) is 0 Å². The van der Waals surface area contributed by atoms with Gasteiger partial charge in [-0.3, -0.25) is 4.79 Å². The van der Waals surface area contributed by atoms with Gasteiger partial charge >= 0.3 is 12.0 Å². The Bertz CT molecular complexity index is 254. The molecule has 5 nitrogen and oxygen atoms in total. The van der Waals surface area contributed by atoms with Crippen molar-refractivity contribution in [2.45, 2.75) is 33.6 Å². The molecular weight excluding hydrogens is 220 g/mol. The van der Waals surface area contributed by atoms with Crippen LogP contribution in [0.4, 0.5) is 4.79 Å². The second-order valence-electron chi connectivity index (χ2n) is 4.89. The Morgan fingerprint density at radius 2 is 1.88 bits per heavy atom. The molecular formula is C12H24N2O3. The first-order valence-electron chi connectivity index (χ1n) is 6.06. The highest BCUT2D eigenvalue weighted by Crippen LogP contribution is 2.02. The molecule has 0 saturated heterocycles. The number of carbonyl (C=O) groups excluding carboxylic acids is 1. The number of carbonyl (C=O) groups is 2. The average Bonchev–Trinajstić information content (AvgIpc) is 2.23. The van der Waals surface area contributed by atoms with Gasteiger partial charge in [-0.1, -0.05) is 20.8 Å². The highest BCUT2D eigenvalue weighted by Gasteiger charge is 2.16. The zero-order valence-electron chi connectivity index (χ0n) is 11.2. The lowest BCUT2D eigenvalue weighted by Gasteiger charge is -2.20. The summed E-state index contributed by atoms with van der Waals surface area (Å²) in [7, 11) is 1.61. The molecule has 0 aromatic rings. The fourth-order valence-corrected chi connectivity index (χ4v) is 1.41. The van der Waals surface area contributed by atoms with E-state index in [-0.39, 0.29) is 12.6 Å². The second-order valence-corrected chi connectivity index (χ2v) is 4.89. The number of nitrogens with zero attached hydrogens (tertiary/aromatic N) is 1. The standard InChI is InChI=1S/C12H24N2O3/c1-9(2)6-5-7-13-12(17)14(4)8-10(3)11(15)16/h9-10H,5-8H2,1-4H3,(H,13,17)(H,15,16). The van der Waals surface area contributed by atoms with Crippen LogP contribution < -0.4 is 5.32 Å². The first-order valence-corrected chi connectivity index (χ1v) is 6.06. The molecule has 1 atom stereocenters. The Morgan fingerprint density at radius 3 is 2.35 bits per heavy atom. The minimum absolute atomic E-state index is 0.207. The molecule has 0 aliphatic carbocycles. The van der Waals surface area contributed by atoms with Gasteiger partial charge in [-0.15, -0.1) is 0 Å². The Balaban J connectivity index is 3.78. The average molecular weight is 244 g/mol. The number of rotatable bonds is 7. The number of aliphatic carboxylic acids is 1. The van der Waals surface area contributed by atoms with E-state index >= 15 is 0 Å². The van der Waals surface area contributed by atoms with E-state index in [1.807, 2.05) is 0 Å². The molecule has 0 aliphatic heterocycles. The summed E-state index contributed by atoms with van der Waals surface area (Å²) < 4.78 is 0. The van der Waals surface area contributed by atoms with Crippen LogP contribution in [0.2, 0.25) is 0 Å². The van der Waals surface area contributed by atoms with E-state index < -0.39 is 11.9 Å². The van der Waals surface area contributed by atoms with Gasteiger partial charge in [0, 0.05) is 20.1 Å². The van der Waals surface area contributed by atoms with Crippen molar-refractivity contribution in [3.63, 3.8) is 0 Å². The van der Waals surface area contributed by atoms with Gasteiger partial charge in [0.05, 0.1) is 5.92 Å². The molecule has 17 heavy (non-hydrogen) atoms. The van der Waals surface area contributed by atoms with Gasteiger partial charge in [-0.2, -0.15) is 0 Å². The van der Waals surface area contributed by atoms with Crippen LogP contribution in [0, 0.1) is 11.8 Å². The number of carboxylic acid groups (broad SMARTS) is 1. The molecule has 0 rings (SSSR count). The fraction of sp³-hybridized carbons (Fsp3) is 0.833. The maximum absolute atomic E-state index is 11.6. The van der Waals surface area contributed by atoms with E-state index in [0.29, 0.717) is 12.5 Å². The van der Waals surface area contributed by atoms with Crippen molar-refractivity contribution in [3.8, 4) is 0 Å². The van der Waals surface area contributed by atoms with Crippen LogP contribution in [-0.2, 0) is 4.79 Å². The minimum atomic E-state index is -0.885. The predicted molar refractivity (Wildman–Crippen MR) is 66.9 cm³/mol. The molecule has 0 radical (unpaired) electrons. The van der Waals surface area contributed by atoms with Crippen LogP contribution in [-0.4, -0.2) is 42.1 Å². The van der Waals surface area contributed by atoms with E-state index in [2.05, 4.69) is 19.2 Å². The summed E-state index contributed by atoms with van der Waals surface area (Å²) in [5, 5.41) is 11.5. The number of carboxylic acids is 1. The zero-order chi connectivity index (χ0) is 13.4. The van der Waals surface area contributed by atoms with Crippen LogP contribution in [0.3, 0.4) is 0 Å². The Kier molecular flexibility index (Phi) is 7.34. The highest BCUT2D eigenvalue weighted by atomic mass is 16.4. The third-order valence-corrected chi connectivity index (χ3v) is 2.55. The summed E-state index contributed by atoms with van der Waals surface area (Å²) in [5.74, 6) is -0.789. The Hall–Kier alpha value is -1.26. The molecule has 100 valence electrons. The Labute approximate surface area is 103 Å². The van der Waals surface area contributed by atoms with Crippen molar-refractivity contribution in [3.05, 3.63) is 0 Å². The van der Waals surface area contributed by atoms with Crippen molar-refractivity contribution in [2.75, 3.05) is 20.1 Å². The van der Waals surface area contributed by atoms with Crippen molar-refractivity contribution in [2.24, 2.45) is 11.8 Å². The molecule has 0 fully saturated rings. The number of amides is 2. The van der Waals surface area contributed by atoms with Crippen LogP contribution in [0.5, 0.6) is 0 Å². The van der Waals surface area contributed by atoms with Gasteiger partial charge in [-0.25, -0.2) is 4.79 Å². The van der Waals surface area contributed by atoms with Crippen molar-refractivity contribution in [1.29, 1.82) is 0 Å². The number of hydrogen-bond donors (Lipinski definition) is 2. The lowest BCUT2D eigenvalue weighted by Crippen LogP contribution is -2.41. The van der Waals surface area contributed by atoms with E-state index in [9.17, 15) is 9.59 Å². The number of nitrogens with one attached hydrogen (secondary N) is 1. The smallest absolute Gasteiger partial charge is 0.317 e. The molecule has 0 heterocycles. The SMILES string of the molecule is CC(C)CCCNC(=O)N(C)CC(C)C(=O)O. The number of hydrogen-bond acceptors (Lipinski definition) is 2. The fourth-order valence-electron chi connectivity index (χ4n) is 1.41. The summed E-state index contributed by atoms with van der Waals surface area (Å²) >= 11 is 0. The maximum Gasteiger partial charge on any atom is 0.317 e. The van der Waals surface area contributed by atoms with Crippen LogP contribution in [0.15, 0.2) is 0 Å². The van der Waals surface area contributed by atoms with E-state index in [1.165, 1.54) is 4.90 Å². The van der Waals surface area contributed by atoms with Crippen molar-refractivity contribution in [1.82, 2.24) is 10.2 Å². The molecule has 2 amide bonds. The first kappa shape index (κ1) is 15.7. The quantitative estimate of drug-likeness (QED) is 0.671. The predicted octanol–water partition coefficient (Wildman–Crippen LogP) is 1.78. The lowest BCUT2D eigenvalue weighted by atomic mass is 10.1. The third-order valence-electron chi connectivity index (χ3n) is 2.55. The highest BCUT2D eigenvalue weighted by molar-refractivity contribution is 5.75. The third kappa shape index (κ3) is 7.60. The zero-order valence-corrected chi connectivity index (χ0v) is 11.2. The lowest BCUT2D eigenvalue weighted by molar-refractivity contribution is -0.141. The molecule has 0 aliphatic rings. The molecule has 0 aromatic heterocycles. The van der Waals surface area contributed by atoms with Crippen LogP contribution >= 0.6 is 0 Å². The van der Waals surface area contributed by atoms with E-state index in [1.54, 1.807) is 14.0 Å². The van der Waals surface area contributed by atoms with Gasteiger partial charge in [0.25, 0.3) is 0 Å². The van der Waals surface area contributed by atoms with Crippen molar-refractivity contribution >= 4 is 12.0 Å². The molecule has 0 spiro atoms. The topological polar surface area (TPSA) is 69.6 Å². The minimum Gasteiger partial charge on any atom is -0.481 e. The molecule has 1 unspecified atom stereocenters. The summed E-state index contributed by atoms with van der Waals surface area (Å²) in [6, 6.07) is -0.207. The van der Waals surface area contributed by atoms with Gasteiger partial charge < -0.3 is 15.3 Å². The van der Waals surface area contributed by atoms with Gasteiger partial charge in [-0.05, 0) is 18.8 Å². The summed E-state index contributed by atoms with van der Waals surface area (Å²) in [6.45, 7) is 6.74.